The zero-order valence-corrected chi connectivity index (χ0v) is 14.0. The van der Waals surface area contributed by atoms with E-state index in [-0.39, 0.29) is 26.3 Å². The SMILES string of the molecule is CCC(C(F)(F)C(CC)S(=O)(=O)N1CCOCC1)S(=O)(=O)O. The van der Waals surface area contributed by atoms with E-state index in [9.17, 15) is 25.6 Å². The topological polar surface area (TPSA) is 101 Å². The summed E-state index contributed by atoms with van der Waals surface area (Å²) in [5.41, 5.74) is 0. The van der Waals surface area contributed by atoms with E-state index in [4.69, 9.17) is 9.29 Å². The molecule has 1 heterocycles. The van der Waals surface area contributed by atoms with Crippen LogP contribution in [-0.2, 0) is 24.9 Å². The van der Waals surface area contributed by atoms with Gasteiger partial charge >= 0.3 is 0 Å². The van der Waals surface area contributed by atoms with Crippen molar-refractivity contribution in [2.24, 2.45) is 0 Å². The van der Waals surface area contributed by atoms with Gasteiger partial charge in [0.2, 0.25) is 10.0 Å². The smallest absolute Gasteiger partial charge is 0.284 e. The van der Waals surface area contributed by atoms with E-state index < -0.39 is 49.4 Å². The fourth-order valence-corrected chi connectivity index (χ4v) is 5.62. The van der Waals surface area contributed by atoms with Crippen LogP contribution in [0.4, 0.5) is 8.78 Å². The summed E-state index contributed by atoms with van der Waals surface area (Å²) in [5.74, 6) is -4.10. The third-order valence-electron chi connectivity index (χ3n) is 3.65. The largest absolute Gasteiger partial charge is 0.379 e. The molecule has 11 heteroatoms. The average molecular weight is 365 g/mol. The maximum Gasteiger partial charge on any atom is 0.284 e. The lowest BCUT2D eigenvalue weighted by molar-refractivity contribution is -0.0141. The highest BCUT2D eigenvalue weighted by atomic mass is 32.2. The van der Waals surface area contributed by atoms with Gasteiger partial charge < -0.3 is 4.74 Å². The van der Waals surface area contributed by atoms with E-state index in [0.29, 0.717) is 0 Å². The number of sulfonamides is 1. The number of hydrogen-bond donors (Lipinski definition) is 1. The van der Waals surface area contributed by atoms with Crippen molar-refractivity contribution >= 4 is 20.1 Å². The van der Waals surface area contributed by atoms with Gasteiger partial charge in [0.05, 0.1) is 13.2 Å². The van der Waals surface area contributed by atoms with Crippen molar-refractivity contribution in [2.75, 3.05) is 26.3 Å². The van der Waals surface area contributed by atoms with Crippen LogP contribution in [0.1, 0.15) is 26.7 Å². The zero-order valence-electron chi connectivity index (χ0n) is 12.4. The minimum Gasteiger partial charge on any atom is -0.379 e. The lowest BCUT2D eigenvalue weighted by Gasteiger charge is -2.35. The molecule has 2 unspecified atom stereocenters. The molecule has 132 valence electrons. The second-order valence-electron chi connectivity index (χ2n) is 5.04. The highest BCUT2D eigenvalue weighted by Gasteiger charge is 2.57. The van der Waals surface area contributed by atoms with Gasteiger partial charge in [0.15, 0.2) is 5.25 Å². The van der Waals surface area contributed by atoms with Gasteiger partial charge in [-0.15, -0.1) is 0 Å². The Morgan fingerprint density at radius 3 is 1.91 bits per heavy atom. The molecule has 1 saturated heterocycles. The van der Waals surface area contributed by atoms with Crippen LogP contribution in [0.5, 0.6) is 0 Å². The summed E-state index contributed by atoms with van der Waals surface area (Å²) < 4.78 is 91.1. The van der Waals surface area contributed by atoms with Crippen molar-refractivity contribution in [2.45, 2.75) is 43.1 Å². The van der Waals surface area contributed by atoms with Gasteiger partial charge in [-0.05, 0) is 12.8 Å². The molecule has 0 aromatic heterocycles. The molecule has 1 rings (SSSR count). The van der Waals surface area contributed by atoms with Crippen LogP contribution in [0.3, 0.4) is 0 Å². The van der Waals surface area contributed by atoms with Crippen LogP contribution < -0.4 is 0 Å². The van der Waals surface area contributed by atoms with E-state index in [1.54, 1.807) is 0 Å². The summed E-state index contributed by atoms with van der Waals surface area (Å²) in [4.78, 5) is 0. The Hall–Kier alpha value is -0.360. The Labute approximate surface area is 129 Å². The lowest BCUT2D eigenvalue weighted by atomic mass is 10.1. The molecule has 2 atom stereocenters. The third kappa shape index (κ3) is 3.94. The molecule has 0 aromatic rings. The predicted molar refractivity (Wildman–Crippen MR) is 76.0 cm³/mol. The number of hydrogen-bond acceptors (Lipinski definition) is 5. The second kappa shape index (κ2) is 7.04. The zero-order chi connectivity index (χ0) is 17.2. The monoisotopic (exact) mass is 365 g/mol. The van der Waals surface area contributed by atoms with Gasteiger partial charge in [-0.1, -0.05) is 13.8 Å². The number of morpholine rings is 1. The number of nitrogens with zero attached hydrogens (tertiary/aromatic N) is 1. The minimum absolute atomic E-state index is 0.0580. The number of rotatable bonds is 7. The Morgan fingerprint density at radius 1 is 1.09 bits per heavy atom. The summed E-state index contributed by atoms with van der Waals surface area (Å²) in [7, 11) is -9.50. The van der Waals surface area contributed by atoms with Crippen LogP contribution in [0.25, 0.3) is 0 Å². The maximum absolute atomic E-state index is 14.5. The van der Waals surface area contributed by atoms with Crippen LogP contribution in [0, 0.1) is 0 Å². The van der Waals surface area contributed by atoms with Crippen LogP contribution >= 0.6 is 0 Å². The fourth-order valence-electron chi connectivity index (χ4n) is 2.55. The molecular formula is C11H21F2NO6S2. The molecule has 0 amide bonds. The van der Waals surface area contributed by atoms with Crippen molar-refractivity contribution in [1.82, 2.24) is 4.31 Å². The Kier molecular flexibility index (Phi) is 6.30. The molecule has 0 radical (unpaired) electrons. The highest BCUT2D eigenvalue weighted by molar-refractivity contribution is 7.90. The number of halogens is 2. The first-order chi connectivity index (χ1) is 9.99. The predicted octanol–water partition coefficient (Wildman–Crippen LogP) is 0.729. The van der Waals surface area contributed by atoms with Gasteiger partial charge in [-0.2, -0.15) is 12.7 Å². The van der Waals surface area contributed by atoms with E-state index in [0.717, 1.165) is 11.2 Å². The normalized spacial score (nSPS) is 21.5. The Bertz CT molecular complexity index is 571. The van der Waals surface area contributed by atoms with Crippen molar-refractivity contribution in [3.8, 4) is 0 Å². The molecular weight excluding hydrogens is 344 g/mol. The van der Waals surface area contributed by atoms with Crippen molar-refractivity contribution in [3.63, 3.8) is 0 Å². The van der Waals surface area contributed by atoms with Crippen molar-refractivity contribution in [3.05, 3.63) is 0 Å². The Balaban J connectivity index is 3.22. The summed E-state index contributed by atoms with van der Waals surface area (Å²) in [5, 5.41) is -4.68. The molecule has 1 aliphatic rings. The summed E-state index contributed by atoms with van der Waals surface area (Å²) >= 11 is 0. The standard InChI is InChI=1S/C11H21F2NO6S2/c1-3-9(11(12,13)10(4-2)22(17,18)19)21(15,16)14-5-7-20-8-6-14/h9-10H,3-8H2,1-2H3,(H,17,18,19). The van der Waals surface area contributed by atoms with Gasteiger partial charge in [0.1, 0.15) is 5.25 Å². The van der Waals surface area contributed by atoms with E-state index in [1.807, 2.05) is 0 Å². The van der Waals surface area contributed by atoms with Crippen LogP contribution in [0.15, 0.2) is 0 Å². The summed E-state index contributed by atoms with van der Waals surface area (Å²) in [6, 6.07) is 0. The molecule has 22 heavy (non-hydrogen) atoms. The van der Waals surface area contributed by atoms with E-state index >= 15 is 0 Å². The van der Waals surface area contributed by atoms with E-state index in [1.165, 1.54) is 6.92 Å². The molecule has 0 saturated carbocycles. The molecule has 0 aromatic carbocycles. The van der Waals surface area contributed by atoms with Gasteiger partial charge in [-0.25, -0.2) is 17.2 Å². The second-order valence-corrected chi connectivity index (χ2v) is 8.75. The maximum atomic E-state index is 14.5. The summed E-state index contributed by atoms with van der Waals surface area (Å²) in [6.07, 6.45) is -1.07. The quantitative estimate of drug-likeness (QED) is 0.668. The highest BCUT2D eigenvalue weighted by Crippen LogP contribution is 2.36. The number of alkyl halides is 2. The fraction of sp³-hybridized carbons (Fsp3) is 1.00. The Morgan fingerprint density at radius 2 is 1.55 bits per heavy atom. The van der Waals surface area contributed by atoms with Crippen molar-refractivity contribution in [1.29, 1.82) is 0 Å². The first kappa shape index (κ1) is 19.7. The molecule has 7 nitrogen and oxygen atoms in total. The van der Waals surface area contributed by atoms with Crippen LogP contribution in [0.2, 0.25) is 0 Å². The van der Waals surface area contributed by atoms with Gasteiger partial charge in [-0.3, -0.25) is 4.55 Å². The molecule has 0 aliphatic carbocycles. The van der Waals surface area contributed by atoms with Gasteiger partial charge in [0.25, 0.3) is 16.0 Å². The van der Waals surface area contributed by atoms with Gasteiger partial charge in [0, 0.05) is 13.1 Å². The summed E-state index contributed by atoms with van der Waals surface area (Å²) in [6.45, 7) is 2.47. The molecule has 0 spiro atoms. The van der Waals surface area contributed by atoms with Crippen LogP contribution in [-0.4, -0.2) is 68.4 Å². The molecule has 1 aliphatic heterocycles. The lowest BCUT2D eigenvalue weighted by Crippen LogP contribution is -2.56. The van der Waals surface area contributed by atoms with E-state index in [2.05, 4.69) is 0 Å². The number of ether oxygens (including phenoxy) is 1. The average Bonchev–Trinajstić information content (AvgIpc) is 2.38. The molecule has 1 N–H and O–H groups in total. The molecule has 0 bridgehead atoms. The first-order valence-electron chi connectivity index (χ1n) is 6.90. The first-order valence-corrected chi connectivity index (χ1v) is 9.91. The third-order valence-corrected chi connectivity index (χ3v) is 7.47. The van der Waals surface area contributed by atoms with Crippen molar-refractivity contribution < 1.29 is 34.9 Å². The molecule has 1 fully saturated rings. The minimum atomic E-state index is -5.08.